The summed E-state index contributed by atoms with van der Waals surface area (Å²) in [4.78, 5) is 0.670. The molecule has 0 bridgehead atoms. The lowest BCUT2D eigenvalue weighted by Gasteiger charge is -2.41. The van der Waals surface area contributed by atoms with Crippen molar-refractivity contribution in [2.75, 3.05) is 13.2 Å². The van der Waals surface area contributed by atoms with Crippen LogP contribution in [-0.4, -0.2) is 40.2 Å². The predicted molar refractivity (Wildman–Crippen MR) is 80.9 cm³/mol. The van der Waals surface area contributed by atoms with Crippen LogP contribution in [0.1, 0.15) is 18.4 Å². The van der Waals surface area contributed by atoms with Crippen molar-refractivity contribution in [3.05, 3.63) is 29.8 Å². The zero-order valence-electron chi connectivity index (χ0n) is 11.9. The van der Waals surface area contributed by atoms with Crippen LogP contribution in [0.25, 0.3) is 0 Å². The lowest BCUT2D eigenvalue weighted by molar-refractivity contribution is -0.144. The molecule has 0 aromatic heterocycles. The van der Waals surface area contributed by atoms with Gasteiger partial charge < -0.3 is 8.92 Å². The van der Waals surface area contributed by atoms with Crippen molar-refractivity contribution < 1.29 is 17.7 Å². The molecule has 7 heteroatoms. The Labute approximate surface area is 131 Å². The highest BCUT2D eigenvalue weighted by Crippen LogP contribution is 2.42. The van der Waals surface area contributed by atoms with Crippen LogP contribution in [0, 0.1) is 12.8 Å². The molecule has 2 rings (SSSR count). The fourth-order valence-corrected chi connectivity index (χ4v) is 2.74. The van der Waals surface area contributed by atoms with Crippen molar-refractivity contribution in [3.8, 4) is 0 Å². The van der Waals surface area contributed by atoms with Crippen molar-refractivity contribution in [2.24, 2.45) is 5.92 Å². The third kappa shape index (κ3) is 4.02. The van der Waals surface area contributed by atoms with E-state index in [2.05, 4.69) is 0 Å². The molecule has 110 valence electrons. The van der Waals surface area contributed by atoms with Gasteiger partial charge in [-0.15, -0.1) is 0 Å². The van der Waals surface area contributed by atoms with Crippen LogP contribution in [-0.2, 0) is 8.92 Å². The van der Waals surface area contributed by atoms with Crippen LogP contribution in [0.4, 0.5) is 8.78 Å². The summed E-state index contributed by atoms with van der Waals surface area (Å²) < 4.78 is 39.0. The number of ether oxygens (including phenoxy) is 1. The van der Waals surface area contributed by atoms with Gasteiger partial charge in [-0.1, -0.05) is 17.7 Å². The zero-order valence-corrected chi connectivity index (χ0v) is 12.7. The molecular formula is C14H16B2F2O2S. The largest absolute Gasteiger partial charge is 0.381 e. The minimum absolute atomic E-state index is 0.224. The molecule has 2 nitrogen and oxygen atoms in total. The molecule has 0 aliphatic carbocycles. The molecular weight excluding hydrogens is 292 g/mol. The number of hydrogen-bond acceptors (Lipinski definition) is 3. The number of benzene rings is 1. The molecule has 1 heterocycles. The zero-order chi connectivity index (χ0) is 15.5. The highest BCUT2D eigenvalue weighted by atomic mass is 32.2. The van der Waals surface area contributed by atoms with Crippen molar-refractivity contribution in [1.29, 1.82) is 0 Å². The second kappa shape index (κ2) is 6.71. The van der Waals surface area contributed by atoms with E-state index in [0.717, 1.165) is 17.6 Å². The monoisotopic (exact) mass is 308 g/mol. The molecule has 0 unspecified atom stereocenters. The minimum Gasteiger partial charge on any atom is -0.381 e. The van der Waals surface area contributed by atoms with E-state index in [4.69, 9.17) is 24.6 Å². The van der Waals surface area contributed by atoms with Crippen molar-refractivity contribution in [3.63, 3.8) is 0 Å². The third-order valence-corrected chi connectivity index (χ3v) is 4.38. The Morgan fingerprint density at radius 2 is 1.76 bits per heavy atom. The van der Waals surface area contributed by atoms with Gasteiger partial charge in [0.2, 0.25) is 0 Å². The van der Waals surface area contributed by atoms with E-state index in [-0.39, 0.29) is 12.8 Å². The lowest BCUT2D eigenvalue weighted by atomic mass is 9.58. The fraction of sp³-hybridized carbons (Fsp3) is 0.571. The molecule has 0 atom stereocenters. The average molecular weight is 308 g/mol. The Kier molecular flexibility index (Phi) is 5.38. The van der Waals surface area contributed by atoms with Gasteiger partial charge in [-0.2, -0.15) is 0 Å². The summed E-state index contributed by atoms with van der Waals surface area (Å²) >= 11 is 0.766. The first kappa shape index (κ1) is 16.8. The molecule has 1 saturated heterocycles. The Balaban J connectivity index is 2.00. The maximum Gasteiger partial charge on any atom is 0.263 e. The first-order valence-electron chi connectivity index (χ1n) is 6.78. The summed E-state index contributed by atoms with van der Waals surface area (Å²) in [6, 6.07) is 7.25. The topological polar surface area (TPSA) is 18.5 Å². The number of aryl methyl sites for hydroxylation is 1. The van der Waals surface area contributed by atoms with E-state index < -0.39 is 17.2 Å². The van der Waals surface area contributed by atoms with Crippen LogP contribution >= 0.6 is 12.0 Å². The number of alkyl halides is 2. The number of rotatable bonds is 5. The van der Waals surface area contributed by atoms with Crippen molar-refractivity contribution >= 4 is 27.7 Å². The van der Waals surface area contributed by atoms with Gasteiger partial charge in [0.05, 0.1) is 5.40 Å². The summed E-state index contributed by atoms with van der Waals surface area (Å²) in [5.74, 6) is -4.26. The summed E-state index contributed by atoms with van der Waals surface area (Å²) in [7, 11) is 11.1. The molecule has 0 saturated carbocycles. The van der Waals surface area contributed by atoms with Gasteiger partial charge >= 0.3 is 0 Å². The summed E-state index contributed by atoms with van der Waals surface area (Å²) in [5.41, 5.74) is 1.07. The number of halogens is 2. The Hall–Kier alpha value is -0.520. The average Bonchev–Trinajstić information content (AvgIpc) is 2.47. The van der Waals surface area contributed by atoms with Gasteiger partial charge in [0.15, 0.2) is 0 Å². The van der Waals surface area contributed by atoms with E-state index >= 15 is 0 Å². The van der Waals surface area contributed by atoms with Crippen LogP contribution < -0.4 is 0 Å². The van der Waals surface area contributed by atoms with Crippen LogP contribution in [0.5, 0.6) is 0 Å². The molecule has 1 aromatic carbocycles. The lowest BCUT2D eigenvalue weighted by Crippen LogP contribution is -2.55. The van der Waals surface area contributed by atoms with E-state index in [0.29, 0.717) is 18.1 Å². The van der Waals surface area contributed by atoms with Crippen LogP contribution in [0.3, 0.4) is 0 Å². The fourth-order valence-electron chi connectivity index (χ4n) is 2.15. The van der Waals surface area contributed by atoms with Crippen molar-refractivity contribution in [2.45, 2.75) is 36.0 Å². The second-order valence-electron chi connectivity index (χ2n) is 5.28. The molecule has 0 spiro atoms. The molecule has 1 aliphatic rings. The van der Waals surface area contributed by atoms with E-state index in [9.17, 15) is 8.78 Å². The molecule has 0 amide bonds. The molecule has 21 heavy (non-hydrogen) atoms. The van der Waals surface area contributed by atoms with Crippen LogP contribution in [0.2, 0.25) is 0 Å². The quantitative estimate of drug-likeness (QED) is 0.615. The second-order valence-corrected chi connectivity index (χ2v) is 6.09. The number of hydrogen-bond donors (Lipinski definition) is 0. The standard InChI is InChI=1S/C14H16B2F2O2S/c1-10-2-4-12(5-3-10)21-20-14(15,16)13(17,18)11-6-8-19-9-7-11/h2-5,11H,6-9H2,1H3. The van der Waals surface area contributed by atoms with E-state index in [1.54, 1.807) is 12.1 Å². The molecule has 4 radical (unpaired) electrons. The Bertz CT molecular complexity index is 463. The van der Waals surface area contributed by atoms with E-state index in [1.807, 2.05) is 19.1 Å². The highest BCUT2D eigenvalue weighted by molar-refractivity contribution is 7.94. The Morgan fingerprint density at radius 1 is 1.19 bits per heavy atom. The van der Waals surface area contributed by atoms with Crippen LogP contribution in [0.15, 0.2) is 29.2 Å². The summed E-state index contributed by atoms with van der Waals surface area (Å²) in [5, 5.41) is -2.52. The van der Waals surface area contributed by atoms with Gasteiger partial charge in [-0.05, 0) is 31.9 Å². The van der Waals surface area contributed by atoms with Gasteiger partial charge in [-0.25, -0.2) is 8.78 Å². The van der Waals surface area contributed by atoms with Crippen molar-refractivity contribution in [1.82, 2.24) is 0 Å². The minimum atomic E-state index is -3.32. The van der Waals surface area contributed by atoms with Gasteiger partial charge in [0.25, 0.3) is 5.92 Å². The molecule has 0 N–H and O–H groups in total. The summed E-state index contributed by atoms with van der Waals surface area (Å²) in [6.45, 7) is 2.52. The third-order valence-electron chi connectivity index (χ3n) is 3.55. The molecule has 1 aromatic rings. The van der Waals surface area contributed by atoms with Gasteiger partial charge in [-0.3, -0.25) is 0 Å². The maximum atomic E-state index is 14.4. The highest BCUT2D eigenvalue weighted by Gasteiger charge is 2.52. The summed E-state index contributed by atoms with van der Waals surface area (Å²) in [6.07, 6.45) is 0.448. The Morgan fingerprint density at radius 3 is 2.33 bits per heavy atom. The first-order valence-corrected chi connectivity index (χ1v) is 7.53. The van der Waals surface area contributed by atoms with Gasteiger partial charge in [0, 0.05) is 36.1 Å². The molecule has 1 aliphatic heterocycles. The normalized spacial score (nSPS) is 17.9. The smallest absolute Gasteiger partial charge is 0.263 e. The molecule has 1 fully saturated rings. The predicted octanol–water partition coefficient (Wildman–Crippen LogP) is 3.07. The maximum absolute atomic E-state index is 14.4. The SMILES string of the molecule is [B]C([B])(OSc1ccc(C)cc1)C(F)(F)C1CCOCC1. The first-order chi connectivity index (χ1) is 9.83. The van der Waals surface area contributed by atoms with Gasteiger partial charge in [0.1, 0.15) is 15.7 Å². The van der Waals surface area contributed by atoms with E-state index in [1.165, 1.54) is 0 Å².